The molecule has 1 amide bonds. The zero-order valence-electron chi connectivity index (χ0n) is 14.5. The number of hydrogen-bond donors (Lipinski definition) is 1. The van der Waals surface area contributed by atoms with Crippen LogP contribution in [0.3, 0.4) is 0 Å². The lowest BCUT2D eigenvalue weighted by Gasteiger charge is -2.26. The van der Waals surface area contributed by atoms with E-state index in [1.165, 1.54) is 35.7 Å². The van der Waals surface area contributed by atoms with Crippen LogP contribution in [-0.2, 0) is 24.3 Å². The molecule has 1 aliphatic heterocycles. The van der Waals surface area contributed by atoms with Gasteiger partial charge in [-0.3, -0.25) is 9.59 Å². The van der Waals surface area contributed by atoms with Crippen molar-refractivity contribution < 1.29 is 32.6 Å². The fourth-order valence-electron chi connectivity index (χ4n) is 2.51. The number of rotatable bonds is 8. The van der Waals surface area contributed by atoms with Crippen LogP contribution >= 0.6 is 0 Å². The second-order valence-electron chi connectivity index (χ2n) is 5.65. The molecule has 0 atom stereocenters. The third-order valence-electron chi connectivity index (χ3n) is 3.89. The van der Waals surface area contributed by atoms with Crippen molar-refractivity contribution in [1.29, 1.82) is 0 Å². The smallest absolute Gasteiger partial charge is 0.323 e. The number of carbonyl (C=O) groups is 2. The van der Waals surface area contributed by atoms with E-state index in [0.29, 0.717) is 13.2 Å². The van der Waals surface area contributed by atoms with Crippen molar-refractivity contribution in [2.24, 2.45) is 0 Å². The third kappa shape index (κ3) is 5.01. The molecule has 2 rings (SSSR count). The zero-order chi connectivity index (χ0) is 19.2. The second kappa shape index (κ2) is 9.08. The summed E-state index contributed by atoms with van der Waals surface area (Å²) in [6, 6.07) is 5.48. The van der Waals surface area contributed by atoms with Crippen LogP contribution in [0.4, 0.5) is 0 Å². The highest BCUT2D eigenvalue weighted by atomic mass is 32.2. The Morgan fingerprint density at radius 3 is 2.38 bits per heavy atom. The molecule has 10 heteroatoms. The Hall–Kier alpha value is -2.01. The standard InChI is InChI=1S/C16H22N2O7S/c1-24-9-6-17(12-15(19)20)16(21)13-2-4-14(5-3-13)26(22,23)18-7-10-25-11-8-18/h2-5H,6-12H2,1H3,(H,19,20). The maximum absolute atomic E-state index is 12.6. The summed E-state index contributed by atoms with van der Waals surface area (Å²) in [4.78, 5) is 24.6. The molecular formula is C16H22N2O7S. The summed E-state index contributed by atoms with van der Waals surface area (Å²) in [7, 11) is -2.19. The molecule has 0 spiro atoms. The Balaban J connectivity index is 2.16. The molecule has 1 fully saturated rings. The highest BCUT2D eigenvalue weighted by molar-refractivity contribution is 7.89. The lowest BCUT2D eigenvalue weighted by Crippen LogP contribution is -2.40. The molecule has 0 saturated carbocycles. The number of carboxylic acid groups (broad SMARTS) is 1. The molecule has 0 bridgehead atoms. The van der Waals surface area contributed by atoms with Gasteiger partial charge < -0.3 is 19.5 Å². The van der Waals surface area contributed by atoms with Crippen LogP contribution in [0.15, 0.2) is 29.2 Å². The van der Waals surface area contributed by atoms with Crippen LogP contribution in [0.25, 0.3) is 0 Å². The number of aliphatic carboxylic acids is 1. The van der Waals surface area contributed by atoms with Crippen LogP contribution in [0.5, 0.6) is 0 Å². The lowest BCUT2D eigenvalue weighted by atomic mass is 10.2. The van der Waals surface area contributed by atoms with Crippen molar-refractivity contribution in [2.75, 3.05) is 53.1 Å². The number of benzene rings is 1. The quantitative estimate of drug-likeness (QED) is 0.663. The van der Waals surface area contributed by atoms with Gasteiger partial charge in [0.15, 0.2) is 0 Å². The summed E-state index contributed by atoms with van der Waals surface area (Å²) in [5.41, 5.74) is 0.211. The van der Waals surface area contributed by atoms with Crippen LogP contribution < -0.4 is 0 Å². The number of methoxy groups -OCH3 is 1. The molecule has 0 unspecified atom stereocenters. The van der Waals surface area contributed by atoms with Crippen molar-refractivity contribution in [3.63, 3.8) is 0 Å². The molecule has 0 aliphatic carbocycles. The Morgan fingerprint density at radius 1 is 1.23 bits per heavy atom. The van der Waals surface area contributed by atoms with Crippen molar-refractivity contribution in [3.05, 3.63) is 29.8 Å². The molecule has 1 aliphatic rings. The SMILES string of the molecule is COCCN(CC(=O)O)C(=O)c1ccc(S(=O)(=O)N2CCOCC2)cc1. The summed E-state index contributed by atoms with van der Waals surface area (Å²) >= 11 is 0. The Morgan fingerprint density at radius 2 is 1.85 bits per heavy atom. The molecule has 1 heterocycles. The van der Waals surface area contributed by atoms with Gasteiger partial charge in [0.25, 0.3) is 5.91 Å². The van der Waals surface area contributed by atoms with Gasteiger partial charge in [0.1, 0.15) is 6.54 Å². The zero-order valence-corrected chi connectivity index (χ0v) is 15.3. The van der Waals surface area contributed by atoms with Gasteiger partial charge in [0.2, 0.25) is 10.0 Å². The predicted octanol–water partition coefficient (Wildman–Crippen LogP) is -0.119. The first-order chi connectivity index (χ1) is 12.4. The summed E-state index contributed by atoms with van der Waals surface area (Å²) in [6.45, 7) is 1.12. The fourth-order valence-corrected chi connectivity index (χ4v) is 3.91. The van der Waals surface area contributed by atoms with E-state index in [1.807, 2.05) is 0 Å². The van der Waals surface area contributed by atoms with Gasteiger partial charge >= 0.3 is 5.97 Å². The number of nitrogens with zero attached hydrogens (tertiary/aromatic N) is 2. The second-order valence-corrected chi connectivity index (χ2v) is 7.59. The van der Waals surface area contributed by atoms with E-state index in [9.17, 15) is 18.0 Å². The number of ether oxygens (including phenoxy) is 2. The minimum Gasteiger partial charge on any atom is -0.480 e. The van der Waals surface area contributed by atoms with Gasteiger partial charge in [-0.25, -0.2) is 8.42 Å². The van der Waals surface area contributed by atoms with Gasteiger partial charge in [-0.2, -0.15) is 4.31 Å². The Kier molecular flexibility index (Phi) is 7.09. The van der Waals surface area contributed by atoms with Crippen molar-refractivity contribution in [3.8, 4) is 0 Å². The summed E-state index contributed by atoms with van der Waals surface area (Å²) in [5.74, 6) is -1.64. The lowest BCUT2D eigenvalue weighted by molar-refractivity contribution is -0.137. The number of carboxylic acids is 1. The number of morpholine rings is 1. The normalized spacial score (nSPS) is 15.6. The van der Waals surface area contributed by atoms with Gasteiger partial charge in [-0.1, -0.05) is 0 Å². The van der Waals surface area contributed by atoms with E-state index in [2.05, 4.69) is 0 Å². The van der Waals surface area contributed by atoms with Crippen molar-refractivity contribution in [1.82, 2.24) is 9.21 Å². The summed E-state index contributed by atoms with van der Waals surface area (Å²) in [6.07, 6.45) is 0. The molecule has 1 aromatic carbocycles. The maximum atomic E-state index is 12.6. The number of amides is 1. The number of sulfonamides is 1. The van der Waals surface area contributed by atoms with Gasteiger partial charge in [-0.05, 0) is 24.3 Å². The number of carbonyl (C=O) groups excluding carboxylic acids is 1. The van der Waals surface area contributed by atoms with E-state index in [0.717, 1.165) is 4.90 Å². The molecule has 26 heavy (non-hydrogen) atoms. The average molecular weight is 386 g/mol. The molecule has 1 saturated heterocycles. The molecule has 1 N–H and O–H groups in total. The molecule has 0 aromatic heterocycles. The third-order valence-corrected chi connectivity index (χ3v) is 5.80. The van der Waals surface area contributed by atoms with E-state index in [4.69, 9.17) is 14.6 Å². The Labute approximate surface area is 152 Å². The van der Waals surface area contributed by atoms with Gasteiger partial charge in [0.05, 0.1) is 24.7 Å². The van der Waals surface area contributed by atoms with Crippen molar-refractivity contribution in [2.45, 2.75) is 4.90 Å². The first kappa shape index (κ1) is 20.3. The monoisotopic (exact) mass is 386 g/mol. The van der Waals surface area contributed by atoms with Gasteiger partial charge in [-0.15, -0.1) is 0 Å². The highest BCUT2D eigenvalue weighted by Crippen LogP contribution is 2.18. The number of hydrogen-bond acceptors (Lipinski definition) is 6. The van der Waals surface area contributed by atoms with E-state index in [1.54, 1.807) is 0 Å². The average Bonchev–Trinajstić information content (AvgIpc) is 2.65. The van der Waals surface area contributed by atoms with E-state index >= 15 is 0 Å². The molecular weight excluding hydrogens is 364 g/mol. The highest BCUT2D eigenvalue weighted by Gasteiger charge is 2.27. The van der Waals surface area contributed by atoms with Crippen LogP contribution in [0.2, 0.25) is 0 Å². The largest absolute Gasteiger partial charge is 0.480 e. The summed E-state index contributed by atoms with van der Waals surface area (Å²) < 4.78 is 36.5. The van der Waals surface area contributed by atoms with Crippen LogP contribution in [0.1, 0.15) is 10.4 Å². The summed E-state index contributed by atoms with van der Waals surface area (Å²) in [5, 5.41) is 8.94. The fraction of sp³-hybridized carbons (Fsp3) is 0.500. The van der Waals surface area contributed by atoms with E-state index < -0.39 is 28.4 Å². The minimum atomic E-state index is -3.64. The predicted molar refractivity (Wildman–Crippen MR) is 91.4 cm³/mol. The Bertz CT molecular complexity index is 727. The topological polar surface area (TPSA) is 113 Å². The van der Waals surface area contributed by atoms with Crippen molar-refractivity contribution >= 4 is 21.9 Å². The maximum Gasteiger partial charge on any atom is 0.323 e. The molecule has 9 nitrogen and oxygen atoms in total. The minimum absolute atomic E-state index is 0.0811. The van der Waals surface area contributed by atoms with Gasteiger partial charge in [0, 0.05) is 32.3 Å². The van der Waals surface area contributed by atoms with Crippen LogP contribution in [-0.4, -0.2) is 87.7 Å². The van der Waals surface area contributed by atoms with E-state index in [-0.39, 0.29) is 36.7 Å². The first-order valence-corrected chi connectivity index (χ1v) is 9.48. The first-order valence-electron chi connectivity index (χ1n) is 8.04. The molecule has 144 valence electrons. The molecule has 0 radical (unpaired) electrons. The van der Waals surface area contributed by atoms with Crippen LogP contribution in [0, 0.1) is 0 Å². The molecule has 1 aromatic rings.